The molecule has 2 N–H and O–H groups in total. The molecule has 0 amide bonds. The molecule has 0 saturated carbocycles. The van der Waals surface area contributed by atoms with Gasteiger partial charge in [-0.1, -0.05) is 72.8 Å². The van der Waals surface area contributed by atoms with Crippen LogP contribution in [0.15, 0.2) is 95.8 Å². The molecule has 0 aliphatic rings. The molecule has 0 spiro atoms. The highest BCUT2D eigenvalue weighted by atomic mass is 16.1. The van der Waals surface area contributed by atoms with Crippen molar-refractivity contribution in [3.05, 3.63) is 107 Å². The van der Waals surface area contributed by atoms with E-state index in [-0.39, 0.29) is 11.4 Å². The van der Waals surface area contributed by atoms with Crippen molar-refractivity contribution in [2.45, 2.75) is 0 Å². The summed E-state index contributed by atoms with van der Waals surface area (Å²) >= 11 is 0. The van der Waals surface area contributed by atoms with Gasteiger partial charge in [-0.05, 0) is 34.9 Å². The second-order valence-corrected chi connectivity index (χ2v) is 6.39. The van der Waals surface area contributed by atoms with Gasteiger partial charge < -0.3 is 5.73 Å². The number of nitrogens with zero attached hydrogens (tertiary/aromatic N) is 2. The van der Waals surface area contributed by atoms with E-state index in [2.05, 4.69) is 6.07 Å². The number of aromatic nitrogens is 1. The normalized spacial score (nSPS) is 10.4. The van der Waals surface area contributed by atoms with Crippen molar-refractivity contribution < 1.29 is 0 Å². The zero-order chi connectivity index (χ0) is 19.5. The topological polar surface area (TPSA) is 71.8 Å². The summed E-state index contributed by atoms with van der Waals surface area (Å²) in [5, 5.41) is 9.65. The molecular weight excluding hydrogens is 346 g/mol. The largest absolute Gasteiger partial charge is 0.385 e. The van der Waals surface area contributed by atoms with Gasteiger partial charge in [0.25, 0.3) is 5.56 Å². The lowest BCUT2D eigenvalue weighted by atomic mass is 9.98. The number of rotatable bonds is 3. The molecule has 1 aromatic heterocycles. The molecule has 1 heterocycles. The first kappa shape index (κ1) is 17.3. The van der Waals surface area contributed by atoms with E-state index < -0.39 is 5.56 Å². The third kappa shape index (κ3) is 3.06. The summed E-state index contributed by atoms with van der Waals surface area (Å²) in [4.78, 5) is 13.0. The second kappa shape index (κ2) is 7.26. The maximum Gasteiger partial charge on any atom is 0.275 e. The number of nitriles is 1. The molecule has 134 valence electrons. The van der Waals surface area contributed by atoms with Crippen molar-refractivity contribution in [1.82, 2.24) is 4.57 Å². The van der Waals surface area contributed by atoms with E-state index >= 15 is 0 Å². The third-order valence-electron chi connectivity index (χ3n) is 4.67. The number of hydrogen-bond donors (Lipinski definition) is 1. The van der Waals surface area contributed by atoms with Crippen LogP contribution in [0.4, 0.5) is 5.82 Å². The van der Waals surface area contributed by atoms with Gasteiger partial charge in [-0.25, -0.2) is 0 Å². The summed E-state index contributed by atoms with van der Waals surface area (Å²) in [5.74, 6) is 0.289. The first-order valence-corrected chi connectivity index (χ1v) is 8.86. The summed E-state index contributed by atoms with van der Waals surface area (Å²) in [6.45, 7) is 0. The number of pyridine rings is 1. The third-order valence-corrected chi connectivity index (χ3v) is 4.67. The van der Waals surface area contributed by atoms with Crippen molar-refractivity contribution in [3.63, 3.8) is 0 Å². The number of nitrogens with two attached hydrogens (primary N) is 1. The molecule has 0 atom stereocenters. The zero-order valence-corrected chi connectivity index (χ0v) is 15.0. The van der Waals surface area contributed by atoms with E-state index in [1.165, 1.54) is 4.57 Å². The van der Waals surface area contributed by atoms with Gasteiger partial charge in [-0.15, -0.1) is 0 Å². The predicted molar refractivity (Wildman–Crippen MR) is 112 cm³/mol. The molecular formula is C24H17N3O. The summed E-state index contributed by atoms with van der Waals surface area (Å²) in [7, 11) is 0. The van der Waals surface area contributed by atoms with E-state index in [1.54, 1.807) is 18.2 Å². The number of nitrogen functional groups attached to an aromatic ring is 1. The van der Waals surface area contributed by atoms with Crippen molar-refractivity contribution in [2.24, 2.45) is 0 Å². The van der Waals surface area contributed by atoms with Crippen LogP contribution in [0.3, 0.4) is 0 Å². The lowest BCUT2D eigenvalue weighted by molar-refractivity contribution is 0.998. The lowest BCUT2D eigenvalue weighted by Gasteiger charge is -2.13. The molecule has 28 heavy (non-hydrogen) atoms. The quantitative estimate of drug-likeness (QED) is 0.577. The molecule has 0 radical (unpaired) electrons. The second-order valence-electron chi connectivity index (χ2n) is 6.39. The highest BCUT2D eigenvalue weighted by Crippen LogP contribution is 2.28. The van der Waals surface area contributed by atoms with E-state index in [0.717, 1.165) is 16.7 Å². The summed E-state index contributed by atoms with van der Waals surface area (Å²) in [6.07, 6.45) is 0. The van der Waals surface area contributed by atoms with Crippen LogP contribution in [0.2, 0.25) is 0 Å². The predicted octanol–water partition coefficient (Wildman–Crippen LogP) is 4.63. The Bertz CT molecular complexity index is 1220. The Morgan fingerprint density at radius 2 is 1.29 bits per heavy atom. The monoisotopic (exact) mass is 363 g/mol. The average Bonchev–Trinajstić information content (AvgIpc) is 2.75. The molecule has 0 saturated heterocycles. The molecule has 0 unspecified atom stereocenters. The molecule has 4 rings (SSSR count). The molecule has 0 bridgehead atoms. The number of hydrogen-bond acceptors (Lipinski definition) is 3. The molecule has 0 fully saturated rings. The first-order chi connectivity index (χ1) is 13.7. The van der Waals surface area contributed by atoms with Gasteiger partial charge in [0.2, 0.25) is 0 Å². The molecule has 4 heteroatoms. The Morgan fingerprint density at radius 3 is 1.89 bits per heavy atom. The highest BCUT2D eigenvalue weighted by Gasteiger charge is 2.16. The van der Waals surface area contributed by atoms with Gasteiger partial charge in [0.1, 0.15) is 17.5 Å². The van der Waals surface area contributed by atoms with Gasteiger partial charge in [-0.3, -0.25) is 9.36 Å². The number of para-hydroxylation sites is 1. The minimum atomic E-state index is -0.421. The lowest BCUT2D eigenvalue weighted by Crippen LogP contribution is -2.24. The van der Waals surface area contributed by atoms with Crippen LogP contribution in [-0.2, 0) is 0 Å². The smallest absolute Gasteiger partial charge is 0.275 e. The van der Waals surface area contributed by atoms with Gasteiger partial charge in [0.05, 0.1) is 5.69 Å². The summed E-state index contributed by atoms with van der Waals surface area (Å²) in [5.41, 5.74) is 9.96. The zero-order valence-electron chi connectivity index (χ0n) is 15.0. The number of anilines is 1. The van der Waals surface area contributed by atoms with Gasteiger partial charge in [0, 0.05) is 5.56 Å². The van der Waals surface area contributed by atoms with E-state index in [9.17, 15) is 10.1 Å². The Kier molecular flexibility index (Phi) is 4.49. The molecule has 0 aliphatic carbocycles. The van der Waals surface area contributed by atoms with Crippen LogP contribution in [0.25, 0.3) is 27.9 Å². The van der Waals surface area contributed by atoms with Gasteiger partial charge in [0.15, 0.2) is 0 Å². The molecule has 0 aliphatic heterocycles. The molecule has 3 aromatic carbocycles. The van der Waals surface area contributed by atoms with Crippen molar-refractivity contribution in [2.75, 3.05) is 5.73 Å². The van der Waals surface area contributed by atoms with Crippen molar-refractivity contribution in [3.8, 4) is 34.0 Å². The summed E-state index contributed by atoms with van der Waals surface area (Å²) < 4.78 is 1.36. The molecule has 4 nitrogen and oxygen atoms in total. The average molecular weight is 363 g/mol. The first-order valence-electron chi connectivity index (χ1n) is 8.86. The molecule has 4 aromatic rings. The van der Waals surface area contributed by atoms with E-state index in [1.807, 2.05) is 72.8 Å². The maximum atomic E-state index is 13.0. The number of benzene rings is 3. The van der Waals surface area contributed by atoms with Crippen molar-refractivity contribution >= 4 is 5.82 Å². The standard InChI is InChI=1S/C24H17N3O/c25-16-22-21(15-23(26)27(24(22)28)20-9-5-2-6-10-20)19-13-11-18(12-14-19)17-7-3-1-4-8-17/h1-15H,26H2. The Morgan fingerprint density at radius 1 is 0.750 bits per heavy atom. The minimum absolute atomic E-state index is 0.0746. The van der Waals surface area contributed by atoms with E-state index in [4.69, 9.17) is 5.73 Å². The van der Waals surface area contributed by atoms with Gasteiger partial charge >= 0.3 is 0 Å². The fourth-order valence-electron chi connectivity index (χ4n) is 3.28. The van der Waals surface area contributed by atoms with Crippen LogP contribution in [0, 0.1) is 11.3 Å². The van der Waals surface area contributed by atoms with Gasteiger partial charge in [-0.2, -0.15) is 5.26 Å². The Hall–Kier alpha value is -4.10. The van der Waals surface area contributed by atoms with Crippen LogP contribution in [0.5, 0.6) is 0 Å². The highest BCUT2D eigenvalue weighted by molar-refractivity contribution is 5.76. The Labute approximate surface area is 162 Å². The van der Waals surface area contributed by atoms with Crippen LogP contribution >= 0.6 is 0 Å². The SMILES string of the molecule is N#Cc1c(-c2ccc(-c3ccccc3)cc2)cc(N)n(-c2ccccc2)c1=O. The summed E-state index contributed by atoms with van der Waals surface area (Å²) in [6, 6.07) is 30.6. The van der Waals surface area contributed by atoms with Crippen molar-refractivity contribution in [1.29, 1.82) is 5.26 Å². The minimum Gasteiger partial charge on any atom is -0.385 e. The maximum absolute atomic E-state index is 13.0. The fourth-order valence-corrected chi connectivity index (χ4v) is 3.28. The van der Waals surface area contributed by atoms with E-state index in [0.29, 0.717) is 11.3 Å². The van der Waals surface area contributed by atoms with Crippen LogP contribution in [0.1, 0.15) is 5.56 Å². The fraction of sp³-hybridized carbons (Fsp3) is 0. The Balaban J connectivity index is 1.83. The van der Waals surface area contributed by atoms with Crippen LogP contribution in [-0.4, -0.2) is 4.57 Å². The van der Waals surface area contributed by atoms with Crippen LogP contribution < -0.4 is 11.3 Å².